The second kappa shape index (κ2) is 10.8. The van der Waals surface area contributed by atoms with Crippen LogP contribution in [0.5, 0.6) is 0 Å². The van der Waals surface area contributed by atoms with Gasteiger partial charge in [-0.2, -0.15) is 0 Å². The molecule has 0 saturated heterocycles. The molecule has 11 heavy (non-hydrogen) atoms. The summed E-state index contributed by atoms with van der Waals surface area (Å²) < 4.78 is 8.68. The van der Waals surface area contributed by atoms with Gasteiger partial charge >= 0.3 is 45.3 Å². The number of hydrogen-bond donors (Lipinski definition) is 1. The van der Waals surface area contributed by atoms with E-state index >= 15 is 0 Å². The molecule has 0 radical (unpaired) electrons. The third-order valence-corrected chi connectivity index (χ3v) is 0.630. The Balaban J connectivity index is 0. The first-order chi connectivity index (χ1) is 5.13. The number of methoxy groups -OCH3 is 2. The van der Waals surface area contributed by atoms with E-state index in [9.17, 15) is 4.79 Å². The first kappa shape index (κ1) is 14.4. The van der Waals surface area contributed by atoms with Gasteiger partial charge in [-0.05, 0) is 0 Å². The molecular formula is C4H8Br2NiO4. The Morgan fingerprint density at radius 2 is 1.73 bits per heavy atom. The SMILES string of the molecule is COC(OC)C(=O)O.[Br][Ni][Br]. The van der Waals surface area contributed by atoms with Crippen molar-refractivity contribution in [1.29, 1.82) is 0 Å². The van der Waals surface area contributed by atoms with Gasteiger partial charge in [0.1, 0.15) is 0 Å². The second-order valence-electron chi connectivity index (χ2n) is 1.19. The van der Waals surface area contributed by atoms with Crippen LogP contribution in [-0.2, 0) is 25.2 Å². The van der Waals surface area contributed by atoms with Crippen LogP contribution in [0.25, 0.3) is 0 Å². The van der Waals surface area contributed by atoms with Crippen molar-refractivity contribution in [3.63, 3.8) is 0 Å². The quantitative estimate of drug-likeness (QED) is 0.624. The Bertz CT molecular complexity index is 98.1. The average Bonchev–Trinajstić information content (AvgIpc) is 1.91. The van der Waals surface area contributed by atoms with Gasteiger partial charge in [-0.3, -0.25) is 0 Å². The van der Waals surface area contributed by atoms with Gasteiger partial charge in [0.2, 0.25) is 0 Å². The normalized spacial score (nSPS) is 9.18. The molecule has 0 unspecified atom stereocenters. The third kappa shape index (κ3) is 10.8. The van der Waals surface area contributed by atoms with Crippen molar-refractivity contribution >= 4 is 34.4 Å². The van der Waals surface area contributed by atoms with Crippen molar-refractivity contribution in [2.45, 2.75) is 6.29 Å². The Labute approximate surface area is 85.0 Å². The zero-order valence-corrected chi connectivity index (χ0v) is 9.98. The minimum absolute atomic E-state index is 1.12. The molecule has 0 bridgehead atoms. The Kier molecular flexibility index (Phi) is 14.2. The van der Waals surface area contributed by atoms with Gasteiger partial charge in [-0.25, -0.2) is 4.79 Å². The standard InChI is InChI=1S/C4H8O4.2BrH.Ni/c1-7-4(8-2)3(5)6;;;/h4H,1-2H3,(H,5,6);2*1H;/q;;;+2/p-2. The number of carboxylic acid groups (broad SMARTS) is 1. The van der Waals surface area contributed by atoms with Crippen LogP contribution in [-0.4, -0.2) is 31.6 Å². The fourth-order valence-corrected chi connectivity index (χ4v) is 0.298. The summed E-state index contributed by atoms with van der Waals surface area (Å²) in [6, 6.07) is 0. The maximum absolute atomic E-state index is 9.91. The molecule has 0 aromatic rings. The first-order valence-corrected chi connectivity index (χ1v) is 7.13. The number of ether oxygens (including phenoxy) is 2. The maximum atomic E-state index is 9.91. The molecule has 0 rings (SSSR count). The van der Waals surface area contributed by atoms with Gasteiger partial charge < -0.3 is 14.6 Å². The van der Waals surface area contributed by atoms with Crippen molar-refractivity contribution in [3.05, 3.63) is 0 Å². The van der Waals surface area contributed by atoms with Crippen molar-refractivity contribution in [2.75, 3.05) is 14.2 Å². The average molecular weight is 339 g/mol. The van der Waals surface area contributed by atoms with Gasteiger partial charge in [0.15, 0.2) is 0 Å². The van der Waals surface area contributed by atoms with Crippen LogP contribution in [0.1, 0.15) is 0 Å². The van der Waals surface area contributed by atoms with Crippen LogP contribution < -0.4 is 0 Å². The summed E-state index contributed by atoms with van der Waals surface area (Å²) in [6.07, 6.45) is -1.13. The van der Waals surface area contributed by atoms with Crippen LogP contribution in [0.3, 0.4) is 0 Å². The number of aliphatic carboxylic acids is 1. The van der Waals surface area contributed by atoms with Crippen LogP contribution >= 0.6 is 28.5 Å². The van der Waals surface area contributed by atoms with E-state index in [2.05, 4.69) is 37.9 Å². The fraction of sp³-hybridized carbons (Fsp3) is 0.750. The van der Waals surface area contributed by atoms with Crippen molar-refractivity contribution < 1.29 is 30.3 Å². The molecule has 0 atom stereocenters. The van der Waals surface area contributed by atoms with E-state index in [0.29, 0.717) is 0 Å². The van der Waals surface area contributed by atoms with E-state index in [-0.39, 0.29) is 0 Å². The van der Waals surface area contributed by atoms with Gasteiger partial charge in [0, 0.05) is 14.2 Å². The topological polar surface area (TPSA) is 55.8 Å². The molecule has 0 heterocycles. The Morgan fingerprint density at radius 3 is 1.73 bits per heavy atom. The number of carboxylic acids is 1. The number of hydrogen-bond acceptors (Lipinski definition) is 3. The van der Waals surface area contributed by atoms with Crippen LogP contribution in [0.4, 0.5) is 0 Å². The second-order valence-corrected chi connectivity index (χ2v) is 6.17. The molecule has 0 fully saturated rings. The molecule has 0 amide bonds. The number of halogens is 2. The predicted molar refractivity (Wildman–Crippen MR) is 43.3 cm³/mol. The van der Waals surface area contributed by atoms with E-state index < -0.39 is 12.3 Å². The first-order valence-electron chi connectivity index (χ1n) is 2.24. The molecule has 0 saturated carbocycles. The molecule has 0 aromatic heterocycles. The summed E-state index contributed by atoms with van der Waals surface area (Å²) in [4.78, 5) is 9.91. The molecule has 0 aliphatic heterocycles. The molecule has 72 valence electrons. The van der Waals surface area contributed by atoms with Gasteiger partial charge in [-0.15, -0.1) is 0 Å². The van der Waals surface area contributed by atoms with Crippen molar-refractivity contribution in [2.24, 2.45) is 0 Å². The van der Waals surface area contributed by atoms with Gasteiger partial charge in [0.25, 0.3) is 6.29 Å². The molecule has 0 aromatic carbocycles. The van der Waals surface area contributed by atoms with Crippen LogP contribution in [0.2, 0.25) is 0 Å². The Morgan fingerprint density at radius 1 is 1.45 bits per heavy atom. The minimum atomic E-state index is -1.13. The summed E-state index contributed by atoms with van der Waals surface area (Å²) >= 11 is 6.00. The monoisotopic (exact) mass is 336 g/mol. The molecular weight excluding hydrogens is 331 g/mol. The molecule has 1 N–H and O–H groups in total. The predicted octanol–water partition coefficient (Wildman–Crippen LogP) is 1.38. The van der Waals surface area contributed by atoms with Gasteiger partial charge in [-0.1, -0.05) is 0 Å². The molecule has 0 aliphatic carbocycles. The summed E-state index contributed by atoms with van der Waals surface area (Å²) in [5.41, 5.74) is 0. The van der Waals surface area contributed by atoms with E-state index in [1.165, 1.54) is 25.1 Å². The summed E-state index contributed by atoms with van der Waals surface area (Å²) in [6.45, 7) is 0. The number of carbonyl (C=O) groups is 1. The zero-order valence-electron chi connectivity index (χ0n) is 5.82. The molecule has 7 heteroatoms. The third-order valence-electron chi connectivity index (χ3n) is 0.630. The molecule has 0 aliphatic rings. The van der Waals surface area contributed by atoms with Crippen molar-refractivity contribution in [1.82, 2.24) is 0 Å². The van der Waals surface area contributed by atoms with E-state index in [4.69, 9.17) is 5.11 Å². The molecule has 0 spiro atoms. The van der Waals surface area contributed by atoms with E-state index in [1.54, 1.807) is 0 Å². The Hall–Kier alpha value is 0.844. The van der Waals surface area contributed by atoms with Crippen LogP contribution in [0, 0.1) is 0 Å². The van der Waals surface area contributed by atoms with E-state index in [1.807, 2.05) is 0 Å². The van der Waals surface area contributed by atoms with E-state index in [0.717, 1.165) is 0 Å². The summed E-state index contributed by atoms with van der Waals surface area (Å²) in [7, 11) is 3.78. The fourth-order valence-electron chi connectivity index (χ4n) is 0.298. The summed E-state index contributed by atoms with van der Waals surface area (Å²) in [5.74, 6) is -1.12. The summed E-state index contributed by atoms with van der Waals surface area (Å²) in [5, 5.41) is 8.12. The van der Waals surface area contributed by atoms with Crippen molar-refractivity contribution in [3.8, 4) is 0 Å². The molecule has 4 nitrogen and oxygen atoms in total. The van der Waals surface area contributed by atoms with Gasteiger partial charge in [0.05, 0.1) is 0 Å². The zero-order chi connectivity index (χ0) is 9.28. The number of rotatable bonds is 3. The van der Waals surface area contributed by atoms with Crippen LogP contribution in [0.15, 0.2) is 0 Å².